The van der Waals surface area contributed by atoms with E-state index in [1.54, 1.807) is 6.08 Å². The topological polar surface area (TPSA) is 68.3 Å². The van der Waals surface area contributed by atoms with Gasteiger partial charge in [-0.2, -0.15) is 0 Å². The van der Waals surface area contributed by atoms with E-state index in [2.05, 4.69) is 0 Å². The smallest absolute Gasteiger partial charge is 0.334 e. The van der Waals surface area contributed by atoms with E-state index in [-0.39, 0.29) is 24.4 Å². The van der Waals surface area contributed by atoms with E-state index in [0.717, 1.165) is 0 Å². The summed E-state index contributed by atoms with van der Waals surface area (Å²) >= 11 is 0. The average Bonchev–Trinajstić information content (AvgIpc) is 2.82. The second-order valence-corrected chi connectivity index (χ2v) is 4.51. The number of rotatable bonds is 1. The van der Waals surface area contributed by atoms with E-state index in [1.807, 2.05) is 13.8 Å². The van der Waals surface area contributed by atoms with Crippen LogP contribution in [0.25, 0.3) is 0 Å². The maximum Gasteiger partial charge on any atom is 0.334 e. The van der Waals surface area contributed by atoms with Gasteiger partial charge in [-0.05, 0) is 19.9 Å². The first-order chi connectivity index (χ1) is 6.98. The predicted molar refractivity (Wildman–Crippen MR) is 48.2 cm³/mol. The second-order valence-electron chi connectivity index (χ2n) is 4.51. The third kappa shape index (κ3) is 1.31. The zero-order valence-electron chi connectivity index (χ0n) is 8.47. The van der Waals surface area contributed by atoms with Gasteiger partial charge in [0.1, 0.15) is 24.4 Å². The molecule has 1 N–H and O–H groups in total. The summed E-state index contributed by atoms with van der Waals surface area (Å²) in [6, 6.07) is 0. The third-order valence-corrected chi connectivity index (χ3v) is 2.91. The van der Waals surface area contributed by atoms with Crippen LogP contribution in [0.15, 0.2) is 11.6 Å². The summed E-state index contributed by atoms with van der Waals surface area (Å²) in [5.41, 5.74) is 0.294. The second kappa shape index (κ2) is 2.61. The van der Waals surface area contributed by atoms with Crippen molar-refractivity contribution in [2.45, 2.75) is 44.1 Å². The van der Waals surface area contributed by atoms with Gasteiger partial charge in [0.15, 0.2) is 5.79 Å². The fraction of sp³-hybridized carbons (Fsp3) is 0.700. The number of carboxylic acids is 1. The van der Waals surface area contributed by atoms with Gasteiger partial charge in [-0.3, -0.25) is 0 Å². The lowest BCUT2D eigenvalue weighted by Crippen LogP contribution is -2.33. The molecule has 4 atom stereocenters. The quantitative estimate of drug-likeness (QED) is 0.633. The number of ether oxygens (including phenoxy) is 3. The molecule has 1 aliphatic carbocycles. The highest BCUT2D eigenvalue weighted by Gasteiger charge is 2.60. The number of aliphatic carboxylic acids is 1. The van der Waals surface area contributed by atoms with Crippen LogP contribution in [0.1, 0.15) is 13.8 Å². The molecular formula is C10H12O5. The van der Waals surface area contributed by atoms with Gasteiger partial charge >= 0.3 is 5.97 Å². The average molecular weight is 212 g/mol. The SMILES string of the molecule is CC1(C)O[C@H]2[C@@H]3O[C@@H]3C(C(=O)O)=C[C@H]2O1. The molecule has 2 fully saturated rings. The summed E-state index contributed by atoms with van der Waals surface area (Å²) in [5, 5.41) is 8.94. The summed E-state index contributed by atoms with van der Waals surface area (Å²) < 4.78 is 16.5. The molecule has 82 valence electrons. The zero-order chi connectivity index (χ0) is 10.8. The van der Waals surface area contributed by atoms with Gasteiger partial charge in [0.2, 0.25) is 0 Å². The Morgan fingerprint density at radius 3 is 2.80 bits per heavy atom. The standard InChI is InChI=1S/C10H12O5/c1-10(2)14-5-3-4(9(11)12)6-8(13-6)7(5)15-10/h3,5-8H,1-2H3,(H,11,12)/t5-,6-,7-,8-/m1/s1. The van der Waals surface area contributed by atoms with Crippen molar-refractivity contribution in [3.8, 4) is 0 Å². The van der Waals surface area contributed by atoms with Crippen molar-refractivity contribution < 1.29 is 24.1 Å². The number of fused-ring (bicyclic) bond motifs is 3. The molecule has 0 aromatic carbocycles. The maximum absolute atomic E-state index is 10.9. The fourth-order valence-corrected chi connectivity index (χ4v) is 2.29. The van der Waals surface area contributed by atoms with Crippen LogP contribution in [0.4, 0.5) is 0 Å². The summed E-state index contributed by atoms with van der Waals surface area (Å²) in [4.78, 5) is 10.9. The molecule has 0 saturated carbocycles. The fourth-order valence-electron chi connectivity index (χ4n) is 2.29. The third-order valence-electron chi connectivity index (χ3n) is 2.91. The van der Waals surface area contributed by atoms with Crippen molar-refractivity contribution in [3.05, 3.63) is 11.6 Å². The first kappa shape index (κ1) is 9.33. The molecule has 2 saturated heterocycles. The van der Waals surface area contributed by atoms with E-state index in [0.29, 0.717) is 5.57 Å². The van der Waals surface area contributed by atoms with Crippen LogP contribution >= 0.6 is 0 Å². The molecule has 0 bridgehead atoms. The molecular weight excluding hydrogens is 200 g/mol. The number of hydrogen-bond acceptors (Lipinski definition) is 4. The van der Waals surface area contributed by atoms with Gasteiger partial charge in [0.25, 0.3) is 0 Å². The van der Waals surface area contributed by atoms with Crippen molar-refractivity contribution in [2.24, 2.45) is 0 Å². The van der Waals surface area contributed by atoms with Gasteiger partial charge in [0, 0.05) is 0 Å². The van der Waals surface area contributed by atoms with E-state index in [4.69, 9.17) is 19.3 Å². The normalized spacial score (nSPS) is 45.3. The molecule has 0 aromatic heterocycles. The van der Waals surface area contributed by atoms with Crippen LogP contribution in [0.2, 0.25) is 0 Å². The maximum atomic E-state index is 10.9. The van der Waals surface area contributed by atoms with Crippen LogP contribution in [-0.4, -0.2) is 41.3 Å². The molecule has 0 unspecified atom stereocenters. The lowest BCUT2D eigenvalue weighted by molar-refractivity contribution is -0.144. The Balaban J connectivity index is 1.92. The van der Waals surface area contributed by atoms with Crippen molar-refractivity contribution in [1.29, 1.82) is 0 Å². The Morgan fingerprint density at radius 1 is 1.40 bits per heavy atom. The van der Waals surface area contributed by atoms with Crippen LogP contribution in [0, 0.1) is 0 Å². The van der Waals surface area contributed by atoms with E-state index in [1.165, 1.54) is 0 Å². The van der Waals surface area contributed by atoms with Gasteiger partial charge in [0.05, 0.1) is 5.57 Å². The van der Waals surface area contributed by atoms with Crippen LogP contribution < -0.4 is 0 Å². The molecule has 3 aliphatic rings. The van der Waals surface area contributed by atoms with Crippen molar-refractivity contribution in [3.63, 3.8) is 0 Å². The predicted octanol–water partition coefficient (Wildman–Crippen LogP) is 0.298. The Bertz CT molecular complexity index is 359. The summed E-state index contributed by atoms with van der Waals surface area (Å²) in [5.74, 6) is -1.59. The van der Waals surface area contributed by atoms with Gasteiger partial charge < -0.3 is 19.3 Å². The molecule has 0 radical (unpaired) electrons. The van der Waals surface area contributed by atoms with E-state index >= 15 is 0 Å². The highest BCUT2D eigenvalue weighted by Crippen LogP contribution is 2.45. The van der Waals surface area contributed by atoms with E-state index < -0.39 is 11.8 Å². The van der Waals surface area contributed by atoms with Gasteiger partial charge in [-0.25, -0.2) is 4.79 Å². The van der Waals surface area contributed by atoms with Crippen LogP contribution in [0.5, 0.6) is 0 Å². The first-order valence-electron chi connectivity index (χ1n) is 4.94. The number of hydrogen-bond donors (Lipinski definition) is 1. The minimum atomic E-state index is -0.936. The Labute approximate surface area is 86.6 Å². The zero-order valence-corrected chi connectivity index (χ0v) is 8.47. The highest BCUT2D eigenvalue weighted by atomic mass is 16.8. The Hall–Kier alpha value is -0.910. The number of carboxylic acid groups (broad SMARTS) is 1. The van der Waals surface area contributed by atoms with Crippen LogP contribution in [-0.2, 0) is 19.0 Å². The van der Waals surface area contributed by atoms with Crippen molar-refractivity contribution in [1.82, 2.24) is 0 Å². The van der Waals surface area contributed by atoms with Crippen LogP contribution in [0.3, 0.4) is 0 Å². The largest absolute Gasteiger partial charge is 0.478 e. The molecule has 0 aromatic rings. The molecule has 2 aliphatic heterocycles. The molecule has 0 amide bonds. The van der Waals surface area contributed by atoms with Crippen molar-refractivity contribution in [2.75, 3.05) is 0 Å². The Morgan fingerprint density at radius 2 is 2.13 bits per heavy atom. The van der Waals surface area contributed by atoms with Gasteiger partial charge in [-0.15, -0.1) is 0 Å². The molecule has 15 heavy (non-hydrogen) atoms. The lowest BCUT2D eigenvalue weighted by Gasteiger charge is -2.15. The number of epoxide rings is 1. The minimum Gasteiger partial charge on any atom is -0.478 e. The number of carbonyl (C=O) groups is 1. The minimum absolute atomic E-state index is 0.145. The van der Waals surface area contributed by atoms with Gasteiger partial charge in [-0.1, -0.05) is 0 Å². The molecule has 5 nitrogen and oxygen atoms in total. The van der Waals surface area contributed by atoms with Crippen molar-refractivity contribution >= 4 is 5.97 Å². The van der Waals surface area contributed by atoms with E-state index in [9.17, 15) is 4.79 Å². The highest BCUT2D eigenvalue weighted by molar-refractivity contribution is 5.89. The molecule has 5 heteroatoms. The molecule has 3 rings (SSSR count). The molecule has 0 spiro atoms. The first-order valence-corrected chi connectivity index (χ1v) is 4.94. The molecule has 2 heterocycles. The summed E-state index contributed by atoms with van der Waals surface area (Å²) in [6.45, 7) is 3.63. The summed E-state index contributed by atoms with van der Waals surface area (Å²) in [6.07, 6.45) is 0.702. The Kier molecular flexibility index (Phi) is 1.62. The lowest BCUT2D eigenvalue weighted by atomic mass is 9.95. The summed E-state index contributed by atoms with van der Waals surface area (Å²) in [7, 11) is 0. The monoisotopic (exact) mass is 212 g/mol.